The number of halogens is 1. The third-order valence-electron chi connectivity index (χ3n) is 3.34. The van der Waals surface area contributed by atoms with Gasteiger partial charge in [0.05, 0.1) is 7.11 Å². The van der Waals surface area contributed by atoms with Crippen molar-refractivity contribution in [3.63, 3.8) is 0 Å². The van der Waals surface area contributed by atoms with Crippen LogP contribution in [-0.4, -0.2) is 29.8 Å². The van der Waals surface area contributed by atoms with E-state index in [1.165, 1.54) is 0 Å². The number of carbonyl (C=O) groups is 1. The van der Waals surface area contributed by atoms with Crippen LogP contribution in [0.25, 0.3) is 0 Å². The van der Waals surface area contributed by atoms with Gasteiger partial charge in [-0.1, -0.05) is 12.1 Å². The van der Waals surface area contributed by atoms with Gasteiger partial charge in [0.15, 0.2) is 0 Å². The monoisotopic (exact) mass is 281 g/mol. The molecule has 1 aliphatic rings. The molecule has 0 saturated heterocycles. The van der Waals surface area contributed by atoms with Crippen LogP contribution in [0, 0.1) is 0 Å². The molecule has 1 aromatic rings. The van der Waals surface area contributed by atoms with E-state index < -0.39 is 0 Å². The molecule has 0 N–H and O–H groups in total. The maximum atomic E-state index is 12.2. The van der Waals surface area contributed by atoms with E-state index in [-0.39, 0.29) is 5.91 Å². The van der Waals surface area contributed by atoms with Gasteiger partial charge < -0.3 is 9.64 Å². The minimum absolute atomic E-state index is 0.221. The highest BCUT2D eigenvalue weighted by molar-refractivity contribution is 6.17. The van der Waals surface area contributed by atoms with Crippen LogP contribution >= 0.6 is 11.6 Å². The van der Waals surface area contributed by atoms with Crippen molar-refractivity contribution in [2.24, 2.45) is 0 Å². The molecule has 4 heteroatoms. The summed E-state index contributed by atoms with van der Waals surface area (Å²) >= 11 is 5.65. The Morgan fingerprint density at radius 3 is 2.58 bits per heavy atom. The molecule has 1 saturated carbocycles. The summed E-state index contributed by atoms with van der Waals surface area (Å²) in [5.41, 5.74) is 1.15. The summed E-state index contributed by atoms with van der Waals surface area (Å²) in [5.74, 6) is 1.61. The number of carbonyl (C=O) groups excluding carboxylic acids is 1. The van der Waals surface area contributed by atoms with E-state index in [1.54, 1.807) is 7.11 Å². The summed E-state index contributed by atoms with van der Waals surface area (Å²) in [5, 5.41) is 0. The summed E-state index contributed by atoms with van der Waals surface area (Å²) in [6.45, 7) is 0.690. The number of nitrogens with zero attached hydrogens (tertiary/aromatic N) is 1. The molecule has 3 nitrogen and oxygen atoms in total. The molecule has 1 aliphatic carbocycles. The molecular formula is C15H20ClNO2. The van der Waals surface area contributed by atoms with E-state index in [9.17, 15) is 4.79 Å². The molecule has 0 aromatic heterocycles. The lowest BCUT2D eigenvalue weighted by Gasteiger charge is -2.22. The maximum absolute atomic E-state index is 12.2. The number of amides is 1. The van der Waals surface area contributed by atoms with Crippen molar-refractivity contribution in [1.29, 1.82) is 0 Å². The molecule has 0 atom stereocenters. The Labute approximate surface area is 119 Å². The van der Waals surface area contributed by atoms with E-state index in [4.69, 9.17) is 16.3 Å². The lowest BCUT2D eigenvalue weighted by Crippen LogP contribution is -2.32. The Hall–Kier alpha value is -1.22. The van der Waals surface area contributed by atoms with Gasteiger partial charge in [0.1, 0.15) is 5.75 Å². The zero-order valence-corrected chi connectivity index (χ0v) is 12.0. The molecule has 104 valence electrons. The van der Waals surface area contributed by atoms with Gasteiger partial charge in [-0.05, 0) is 37.0 Å². The number of alkyl halides is 1. The van der Waals surface area contributed by atoms with Crippen LogP contribution in [0.3, 0.4) is 0 Å². The van der Waals surface area contributed by atoms with Gasteiger partial charge in [-0.2, -0.15) is 0 Å². The van der Waals surface area contributed by atoms with Crippen molar-refractivity contribution in [1.82, 2.24) is 4.90 Å². The number of ether oxygens (including phenoxy) is 1. The fourth-order valence-corrected chi connectivity index (χ4v) is 2.23. The minimum atomic E-state index is 0.221. The summed E-state index contributed by atoms with van der Waals surface area (Å²) < 4.78 is 5.14. The highest BCUT2D eigenvalue weighted by atomic mass is 35.5. The van der Waals surface area contributed by atoms with E-state index in [0.717, 1.165) is 30.6 Å². The van der Waals surface area contributed by atoms with E-state index in [0.29, 0.717) is 24.9 Å². The fraction of sp³-hybridized carbons (Fsp3) is 0.533. The smallest absolute Gasteiger partial charge is 0.223 e. The maximum Gasteiger partial charge on any atom is 0.223 e. The fourth-order valence-electron chi connectivity index (χ4n) is 2.10. The van der Waals surface area contributed by atoms with E-state index >= 15 is 0 Å². The van der Waals surface area contributed by atoms with Crippen molar-refractivity contribution in [2.75, 3.05) is 13.0 Å². The topological polar surface area (TPSA) is 29.5 Å². The Bertz CT molecular complexity index is 415. The summed E-state index contributed by atoms with van der Waals surface area (Å²) in [7, 11) is 1.65. The van der Waals surface area contributed by atoms with Gasteiger partial charge >= 0.3 is 0 Å². The number of hydrogen-bond donors (Lipinski definition) is 0. The Balaban J connectivity index is 1.97. The van der Waals surface area contributed by atoms with Gasteiger partial charge in [0.25, 0.3) is 0 Å². The number of benzene rings is 1. The van der Waals surface area contributed by atoms with Crippen molar-refractivity contribution < 1.29 is 9.53 Å². The van der Waals surface area contributed by atoms with Crippen LogP contribution in [0.4, 0.5) is 0 Å². The van der Waals surface area contributed by atoms with Crippen molar-refractivity contribution in [2.45, 2.75) is 38.3 Å². The average Bonchev–Trinajstić information content (AvgIpc) is 3.27. The zero-order valence-electron chi connectivity index (χ0n) is 11.3. The second kappa shape index (κ2) is 6.80. The van der Waals surface area contributed by atoms with Crippen molar-refractivity contribution in [3.05, 3.63) is 29.8 Å². The van der Waals surface area contributed by atoms with Gasteiger partial charge in [-0.15, -0.1) is 11.6 Å². The van der Waals surface area contributed by atoms with Crippen LogP contribution in [-0.2, 0) is 11.3 Å². The van der Waals surface area contributed by atoms with Crippen LogP contribution in [0.15, 0.2) is 24.3 Å². The summed E-state index contributed by atoms with van der Waals surface area (Å²) in [6.07, 6.45) is 3.56. The minimum Gasteiger partial charge on any atom is -0.497 e. The van der Waals surface area contributed by atoms with Crippen molar-refractivity contribution >= 4 is 17.5 Å². The van der Waals surface area contributed by atoms with Crippen LogP contribution < -0.4 is 4.74 Å². The van der Waals surface area contributed by atoms with E-state index in [1.807, 2.05) is 29.2 Å². The van der Waals surface area contributed by atoms with Gasteiger partial charge in [0, 0.05) is 24.9 Å². The molecule has 0 unspecified atom stereocenters. The first-order chi connectivity index (χ1) is 9.24. The lowest BCUT2D eigenvalue weighted by molar-refractivity contribution is -0.132. The first-order valence-electron chi connectivity index (χ1n) is 6.73. The molecule has 0 spiro atoms. The van der Waals surface area contributed by atoms with Crippen molar-refractivity contribution in [3.8, 4) is 5.75 Å². The SMILES string of the molecule is COc1ccc(CN(C(=O)CCCCl)C2CC2)cc1. The Morgan fingerprint density at radius 1 is 1.37 bits per heavy atom. The predicted octanol–water partition coefficient (Wildman–Crippen LogP) is 3.21. The van der Waals surface area contributed by atoms with E-state index in [2.05, 4.69) is 0 Å². The third-order valence-corrected chi connectivity index (χ3v) is 3.61. The molecular weight excluding hydrogens is 262 g/mol. The molecule has 0 bridgehead atoms. The zero-order chi connectivity index (χ0) is 13.7. The number of rotatable bonds is 7. The Morgan fingerprint density at radius 2 is 2.05 bits per heavy atom. The summed E-state index contributed by atoms with van der Waals surface area (Å²) in [6, 6.07) is 8.34. The lowest BCUT2D eigenvalue weighted by atomic mass is 10.2. The second-order valence-corrected chi connectivity index (χ2v) is 5.27. The van der Waals surface area contributed by atoms with Crippen LogP contribution in [0.1, 0.15) is 31.2 Å². The Kier molecular flexibility index (Phi) is 5.08. The first kappa shape index (κ1) is 14.2. The highest BCUT2D eigenvalue weighted by Gasteiger charge is 2.31. The molecule has 1 aromatic carbocycles. The third kappa shape index (κ3) is 4.13. The standard InChI is InChI=1S/C15H20ClNO2/c1-19-14-8-4-12(5-9-14)11-17(13-6-7-13)15(18)3-2-10-16/h4-5,8-9,13H,2-3,6-7,10-11H2,1H3. The molecule has 0 radical (unpaired) electrons. The quantitative estimate of drug-likeness (QED) is 0.718. The molecule has 0 aliphatic heterocycles. The number of methoxy groups -OCH3 is 1. The largest absolute Gasteiger partial charge is 0.497 e. The van der Waals surface area contributed by atoms with Gasteiger partial charge in [-0.25, -0.2) is 0 Å². The molecule has 0 heterocycles. The normalized spacial score (nSPS) is 14.2. The van der Waals surface area contributed by atoms with Crippen LogP contribution in [0.2, 0.25) is 0 Å². The average molecular weight is 282 g/mol. The van der Waals surface area contributed by atoms with Gasteiger partial charge in [-0.3, -0.25) is 4.79 Å². The molecule has 2 rings (SSSR count). The molecule has 1 fully saturated rings. The van der Waals surface area contributed by atoms with Crippen LogP contribution in [0.5, 0.6) is 5.75 Å². The number of hydrogen-bond acceptors (Lipinski definition) is 2. The molecule has 19 heavy (non-hydrogen) atoms. The summed E-state index contributed by atoms with van der Waals surface area (Å²) in [4.78, 5) is 14.1. The molecule has 1 amide bonds. The highest BCUT2D eigenvalue weighted by Crippen LogP contribution is 2.29. The second-order valence-electron chi connectivity index (χ2n) is 4.89. The van der Waals surface area contributed by atoms with Gasteiger partial charge in [0.2, 0.25) is 5.91 Å². The first-order valence-corrected chi connectivity index (χ1v) is 7.26. The predicted molar refractivity (Wildman–Crippen MR) is 76.5 cm³/mol.